The molecule has 0 aromatic heterocycles. The Hall–Kier alpha value is -0.160. The zero-order chi connectivity index (χ0) is 15.3. The van der Waals surface area contributed by atoms with Crippen LogP contribution in [0, 0.1) is 5.92 Å². The van der Waals surface area contributed by atoms with E-state index in [4.69, 9.17) is 14.2 Å². The molecule has 0 amide bonds. The Balaban J connectivity index is 1.95. The van der Waals surface area contributed by atoms with Crippen molar-refractivity contribution in [2.24, 2.45) is 5.92 Å². The van der Waals surface area contributed by atoms with E-state index in [1.807, 2.05) is 0 Å². The summed E-state index contributed by atoms with van der Waals surface area (Å²) in [6, 6.07) is 0.429. The van der Waals surface area contributed by atoms with Gasteiger partial charge in [-0.3, -0.25) is 0 Å². The van der Waals surface area contributed by atoms with Gasteiger partial charge in [-0.1, -0.05) is 6.92 Å². The van der Waals surface area contributed by atoms with E-state index < -0.39 is 0 Å². The largest absolute Gasteiger partial charge is 0.381 e. The van der Waals surface area contributed by atoms with Gasteiger partial charge in [0.15, 0.2) is 0 Å². The Morgan fingerprint density at radius 1 is 1.24 bits per heavy atom. The lowest BCUT2D eigenvalue weighted by Gasteiger charge is -2.45. The molecule has 0 bridgehead atoms. The maximum atomic E-state index is 6.16. The Labute approximate surface area is 129 Å². The van der Waals surface area contributed by atoms with Crippen molar-refractivity contribution < 1.29 is 14.2 Å². The molecular weight excluding hydrogens is 266 g/mol. The average molecular weight is 299 g/mol. The van der Waals surface area contributed by atoms with Gasteiger partial charge in [0.05, 0.1) is 17.8 Å². The van der Waals surface area contributed by atoms with Crippen molar-refractivity contribution in [3.8, 4) is 0 Å². The predicted octanol–water partition coefficient (Wildman–Crippen LogP) is 2.76. The smallest absolute Gasteiger partial charge is 0.0729 e. The van der Waals surface area contributed by atoms with Crippen LogP contribution in [-0.2, 0) is 14.2 Å². The molecule has 4 nitrogen and oxygen atoms in total. The first kappa shape index (κ1) is 17.2. The number of hydrogen-bond acceptors (Lipinski definition) is 4. The van der Waals surface area contributed by atoms with E-state index in [1.54, 1.807) is 0 Å². The van der Waals surface area contributed by atoms with Gasteiger partial charge in [0.25, 0.3) is 0 Å². The van der Waals surface area contributed by atoms with Crippen LogP contribution in [0.4, 0.5) is 0 Å². The fourth-order valence-electron chi connectivity index (χ4n) is 3.46. The van der Waals surface area contributed by atoms with Crippen molar-refractivity contribution in [1.29, 1.82) is 0 Å². The van der Waals surface area contributed by atoms with Gasteiger partial charge in [0.1, 0.15) is 0 Å². The molecule has 2 atom stereocenters. The molecule has 2 aliphatic rings. The maximum Gasteiger partial charge on any atom is 0.0729 e. The molecule has 1 spiro atoms. The first-order chi connectivity index (χ1) is 9.94. The van der Waals surface area contributed by atoms with Crippen molar-refractivity contribution in [3.05, 3.63) is 0 Å². The molecule has 0 aliphatic carbocycles. The summed E-state index contributed by atoms with van der Waals surface area (Å²) in [5.74, 6) is 0.638. The van der Waals surface area contributed by atoms with E-state index in [2.05, 4.69) is 33.0 Å². The van der Waals surface area contributed by atoms with Crippen molar-refractivity contribution in [2.45, 2.75) is 70.6 Å². The van der Waals surface area contributed by atoms with Crippen LogP contribution in [0.3, 0.4) is 0 Å². The fourth-order valence-corrected chi connectivity index (χ4v) is 3.46. The van der Waals surface area contributed by atoms with E-state index in [1.165, 1.54) is 0 Å². The second kappa shape index (κ2) is 7.40. The zero-order valence-corrected chi connectivity index (χ0v) is 14.2. The van der Waals surface area contributed by atoms with Gasteiger partial charge >= 0.3 is 0 Å². The maximum absolute atomic E-state index is 6.16. The number of nitrogens with one attached hydrogen (secondary N) is 1. The normalized spacial score (nSPS) is 27.7. The summed E-state index contributed by atoms with van der Waals surface area (Å²) in [5, 5.41) is 3.64. The summed E-state index contributed by atoms with van der Waals surface area (Å²) in [7, 11) is 0. The van der Waals surface area contributed by atoms with Crippen molar-refractivity contribution in [1.82, 2.24) is 5.32 Å². The third-order valence-electron chi connectivity index (χ3n) is 4.67. The predicted molar refractivity (Wildman–Crippen MR) is 84.6 cm³/mol. The van der Waals surface area contributed by atoms with E-state index in [-0.39, 0.29) is 11.2 Å². The van der Waals surface area contributed by atoms with Crippen LogP contribution < -0.4 is 5.32 Å². The van der Waals surface area contributed by atoms with Crippen LogP contribution in [0.5, 0.6) is 0 Å². The van der Waals surface area contributed by atoms with Gasteiger partial charge in [0, 0.05) is 25.9 Å². The summed E-state index contributed by atoms with van der Waals surface area (Å²) < 4.78 is 17.7. The Kier molecular flexibility index (Phi) is 6.06. The summed E-state index contributed by atoms with van der Waals surface area (Å²) in [6.45, 7) is 12.9. The van der Waals surface area contributed by atoms with Gasteiger partial charge in [-0.25, -0.2) is 0 Å². The van der Waals surface area contributed by atoms with E-state index in [0.717, 1.165) is 58.7 Å². The molecule has 2 aliphatic heterocycles. The van der Waals surface area contributed by atoms with Crippen LogP contribution >= 0.6 is 0 Å². The molecule has 0 radical (unpaired) electrons. The molecular formula is C17H33NO3. The lowest BCUT2D eigenvalue weighted by atomic mass is 9.78. The fraction of sp³-hybridized carbons (Fsp3) is 1.00. The summed E-state index contributed by atoms with van der Waals surface area (Å²) in [4.78, 5) is 0. The Morgan fingerprint density at radius 3 is 2.57 bits per heavy atom. The number of ether oxygens (including phenoxy) is 3. The van der Waals surface area contributed by atoms with Crippen molar-refractivity contribution in [3.63, 3.8) is 0 Å². The molecule has 2 heterocycles. The van der Waals surface area contributed by atoms with Gasteiger partial charge < -0.3 is 19.5 Å². The topological polar surface area (TPSA) is 39.7 Å². The van der Waals surface area contributed by atoms with Crippen LogP contribution in [-0.4, -0.2) is 50.2 Å². The Bertz CT molecular complexity index is 302. The SMILES string of the molecule is CCNC(COC(C)(C)C)C1CCOC2(CCOCC2)C1. The Morgan fingerprint density at radius 2 is 1.95 bits per heavy atom. The molecule has 2 rings (SSSR count). The highest BCUT2D eigenvalue weighted by molar-refractivity contribution is 4.92. The number of rotatable bonds is 5. The minimum Gasteiger partial charge on any atom is -0.381 e. The molecule has 2 saturated heterocycles. The number of likely N-dealkylation sites (N-methyl/N-ethyl adjacent to an activating group) is 1. The van der Waals surface area contributed by atoms with Crippen LogP contribution in [0.2, 0.25) is 0 Å². The highest BCUT2D eigenvalue weighted by Crippen LogP contribution is 2.38. The van der Waals surface area contributed by atoms with Crippen LogP contribution in [0.1, 0.15) is 53.4 Å². The van der Waals surface area contributed by atoms with Gasteiger partial charge in [0.2, 0.25) is 0 Å². The molecule has 0 aromatic rings. The quantitative estimate of drug-likeness (QED) is 0.847. The summed E-state index contributed by atoms with van der Waals surface area (Å²) >= 11 is 0. The minimum atomic E-state index is -0.0742. The molecule has 2 fully saturated rings. The second-order valence-corrected chi connectivity index (χ2v) is 7.48. The van der Waals surface area contributed by atoms with Crippen molar-refractivity contribution >= 4 is 0 Å². The van der Waals surface area contributed by atoms with Crippen LogP contribution in [0.15, 0.2) is 0 Å². The average Bonchev–Trinajstić information content (AvgIpc) is 2.43. The van der Waals surface area contributed by atoms with Gasteiger partial charge in [-0.05, 0) is 58.9 Å². The first-order valence-electron chi connectivity index (χ1n) is 8.53. The first-order valence-corrected chi connectivity index (χ1v) is 8.53. The lowest BCUT2D eigenvalue weighted by molar-refractivity contribution is -0.153. The highest BCUT2D eigenvalue weighted by atomic mass is 16.5. The summed E-state index contributed by atoms with van der Waals surface area (Å²) in [5.41, 5.74) is -0.00816. The third-order valence-corrected chi connectivity index (χ3v) is 4.67. The molecule has 1 N–H and O–H groups in total. The van der Waals surface area contributed by atoms with Crippen molar-refractivity contribution in [2.75, 3.05) is 33.0 Å². The summed E-state index contributed by atoms with van der Waals surface area (Å²) in [6.07, 6.45) is 4.36. The molecule has 2 unspecified atom stereocenters. The van der Waals surface area contributed by atoms with E-state index >= 15 is 0 Å². The monoisotopic (exact) mass is 299 g/mol. The lowest BCUT2D eigenvalue weighted by Crippen LogP contribution is -2.51. The standard InChI is InChI=1S/C17H33NO3/c1-5-18-15(13-21-16(2,3)4)14-6-9-20-17(12-14)7-10-19-11-8-17/h14-15,18H,5-13H2,1-4H3. The van der Waals surface area contributed by atoms with Gasteiger partial charge in [-0.15, -0.1) is 0 Å². The minimum absolute atomic E-state index is 0.0660. The molecule has 4 heteroatoms. The van der Waals surface area contributed by atoms with Crippen LogP contribution in [0.25, 0.3) is 0 Å². The molecule has 0 aromatic carbocycles. The van der Waals surface area contributed by atoms with Gasteiger partial charge in [-0.2, -0.15) is 0 Å². The highest BCUT2D eigenvalue weighted by Gasteiger charge is 2.41. The van der Waals surface area contributed by atoms with E-state index in [0.29, 0.717) is 12.0 Å². The zero-order valence-electron chi connectivity index (χ0n) is 14.2. The molecule has 0 saturated carbocycles. The van der Waals surface area contributed by atoms with E-state index in [9.17, 15) is 0 Å². The third kappa shape index (κ3) is 5.20. The number of hydrogen-bond donors (Lipinski definition) is 1. The molecule has 124 valence electrons. The molecule has 21 heavy (non-hydrogen) atoms. The second-order valence-electron chi connectivity index (χ2n) is 7.48.